The van der Waals surface area contributed by atoms with Crippen LogP contribution in [-0.2, 0) is 32.6 Å². The van der Waals surface area contributed by atoms with E-state index in [9.17, 15) is 27.9 Å². The zero-order chi connectivity index (χ0) is 35.0. The third kappa shape index (κ3) is 9.00. The fourth-order valence-corrected chi connectivity index (χ4v) is 7.46. The molecule has 0 saturated carbocycles. The molecule has 12 heteroatoms. The Labute approximate surface area is 283 Å². The van der Waals surface area contributed by atoms with Gasteiger partial charge >= 0.3 is 6.03 Å². The van der Waals surface area contributed by atoms with Crippen LogP contribution in [0, 0.1) is 11.8 Å². The van der Waals surface area contributed by atoms with Crippen LogP contribution in [0.3, 0.4) is 0 Å². The molecule has 1 saturated heterocycles. The topological polar surface area (TPSA) is 137 Å². The monoisotopic (exact) mass is 678 g/mol. The number of hydrogen-bond donors (Lipinski definition) is 2. The van der Waals surface area contributed by atoms with Gasteiger partial charge in [-0.2, -0.15) is 4.31 Å². The Hall–Kier alpha value is -4.26. The summed E-state index contributed by atoms with van der Waals surface area (Å²) in [7, 11) is -2.54. The van der Waals surface area contributed by atoms with E-state index in [1.54, 1.807) is 26.0 Å². The van der Waals surface area contributed by atoms with Crippen molar-refractivity contribution in [3.8, 4) is 5.75 Å². The second-order valence-corrected chi connectivity index (χ2v) is 14.8. The highest BCUT2D eigenvalue weighted by Crippen LogP contribution is 2.24. The van der Waals surface area contributed by atoms with Gasteiger partial charge in [0.1, 0.15) is 18.3 Å². The predicted molar refractivity (Wildman–Crippen MR) is 182 cm³/mol. The summed E-state index contributed by atoms with van der Waals surface area (Å²) in [5.41, 5.74) is 1.60. The van der Waals surface area contributed by atoms with Gasteiger partial charge in [0.25, 0.3) is 5.91 Å². The van der Waals surface area contributed by atoms with Crippen molar-refractivity contribution >= 4 is 27.9 Å². The summed E-state index contributed by atoms with van der Waals surface area (Å²) in [6.45, 7) is 7.02. The number of imide groups is 1. The van der Waals surface area contributed by atoms with Crippen LogP contribution in [-0.4, -0.2) is 90.4 Å². The summed E-state index contributed by atoms with van der Waals surface area (Å²) < 4.78 is 34.0. The Bertz CT molecular complexity index is 1630. The molecule has 4 rings (SSSR count). The van der Waals surface area contributed by atoms with Crippen LogP contribution >= 0.6 is 0 Å². The molecule has 2 N–H and O–H groups in total. The molecule has 0 aromatic heterocycles. The molecule has 48 heavy (non-hydrogen) atoms. The second-order valence-electron chi connectivity index (χ2n) is 12.8. The Morgan fingerprint density at radius 3 is 2.02 bits per heavy atom. The molecule has 0 unspecified atom stereocenters. The van der Waals surface area contributed by atoms with Gasteiger partial charge in [-0.05, 0) is 53.6 Å². The molecule has 3 atom stereocenters. The maximum absolute atomic E-state index is 14.0. The van der Waals surface area contributed by atoms with Crippen LogP contribution in [0.4, 0.5) is 4.79 Å². The highest BCUT2D eigenvalue weighted by molar-refractivity contribution is 7.89. The number of rotatable bonds is 16. The van der Waals surface area contributed by atoms with Crippen LogP contribution in [0.15, 0.2) is 89.8 Å². The number of nitrogens with zero attached hydrogens (tertiary/aromatic N) is 3. The van der Waals surface area contributed by atoms with Gasteiger partial charge in [-0.1, -0.05) is 88.4 Å². The van der Waals surface area contributed by atoms with E-state index in [2.05, 4.69) is 5.32 Å². The van der Waals surface area contributed by atoms with Gasteiger partial charge in [-0.3, -0.25) is 14.5 Å². The number of aliphatic hydroxyl groups is 1. The number of benzene rings is 3. The quantitative estimate of drug-likeness (QED) is 0.219. The zero-order valence-corrected chi connectivity index (χ0v) is 29.0. The number of nitrogens with one attached hydrogen (secondary N) is 1. The minimum absolute atomic E-state index is 0.0527. The number of sulfonamides is 1. The van der Waals surface area contributed by atoms with E-state index in [-0.39, 0.29) is 49.3 Å². The van der Waals surface area contributed by atoms with Crippen molar-refractivity contribution in [2.45, 2.75) is 63.7 Å². The van der Waals surface area contributed by atoms with E-state index in [0.717, 1.165) is 16.0 Å². The number of aliphatic hydroxyl groups excluding tert-OH is 1. The molecule has 1 heterocycles. The Balaban J connectivity index is 1.59. The van der Waals surface area contributed by atoms with E-state index in [1.165, 1.54) is 28.4 Å². The summed E-state index contributed by atoms with van der Waals surface area (Å²) in [5.74, 6) is -0.871. The lowest BCUT2D eigenvalue weighted by Gasteiger charge is -2.34. The van der Waals surface area contributed by atoms with Gasteiger partial charge in [-0.15, -0.1) is 0 Å². The Morgan fingerprint density at radius 1 is 0.896 bits per heavy atom. The summed E-state index contributed by atoms with van der Waals surface area (Å²) in [6.07, 6.45) is -1.12. The number of methoxy groups -OCH3 is 1. The van der Waals surface area contributed by atoms with Crippen LogP contribution in [0.5, 0.6) is 5.75 Å². The summed E-state index contributed by atoms with van der Waals surface area (Å²) >= 11 is 0. The van der Waals surface area contributed by atoms with E-state index >= 15 is 0 Å². The number of carbonyl (C=O) groups excluding carboxylic acids is 3. The molecule has 0 spiro atoms. The molecule has 1 fully saturated rings. The average Bonchev–Trinajstić information content (AvgIpc) is 3.32. The third-order valence-corrected chi connectivity index (χ3v) is 10.1. The van der Waals surface area contributed by atoms with Gasteiger partial charge in [0.05, 0.1) is 30.7 Å². The van der Waals surface area contributed by atoms with Crippen molar-refractivity contribution in [3.63, 3.8) is 0 Å². The van der Waals surface area contributed by atoms with Crippen LogP contribution in [0.1, 0.15) is 38.8 Å². The largest absolute Gasteiger partial charge is 0.497 e. The van der Waals surface area contributed by atoms with Gasteiger partial charge in [0.15, 0.2) is 0 Å². The third-order valence-electron chi connectivity index (χ3n) is 8.25. The SMILES string of the molecule is COc1ccc(S(=O)(=O)N(CC(C)C)C[C@@H](O)[C@H](Cc2ccccc2)NC(=O)[C@H](C(C)C)N2CC(=O)N(Cc3ccccc3)C2=O)cc1. The first-order valence-corrected chi connectivity index (χ1v) is 17.6. The van der Waals surface area contributed by atoms with Gasteiger partial charge < -0.3 is 20.1 Å². The molecule has 0 radical (unpaired) electrons. The number of hydrogen-bond acceptors (Lipinski definition) is 7. The standard InChI is InChI=1S/C36H46N4O7S/c1-25(2)21-38(48(45,46)30-18-16-29(47-5)17-19-30)23-32(41)31(20-27-12-8-6-9-13-27)37-35(43)34(26(3)4)40-24-33(42)39(36(40)44)22-28-14-10-7-11-15-28/h6-19,25-26,31-32,34,41H,20-24H2,1-5H3,(H,37,43)/t31-,32+,34-/m0/s1. The lowest BCUT2D eigenvalue weighted by atomic mass is 9.97. The molecule has 0 bridgehead atoms. The Morgan fingerprint density at radius 2 is 1.48 bits per heavy atom. The van der Waals surface area contributed by atoms with Crippen molar-refractivity contribution in [2.75, 3.05) is 26.7 Å². The molecule has 0 aliphatic carbocycles. The highest BCUT2D eigenvalue weighted by atomic mass is 32.2. The van der Waals surface area contributed by atoms with E-state index < -0.39 is 46.1 Å². The van der Waals surface area contributed by atoms with Crippen molar-refractivity contribution in [2.24, 2.45) is 11.8 Å². The summed E-state index contributed by atoms with van der Waals surface area (Å²) in [6, 6.07) is 21.9. The maximum atomic E-state index is 14.0. The Kier molecular flexibility index (Phi) is 12.4. The number of carbonyl (C=O) groups is 3. The molecule has 4 amide bonds. The first-order chi connectivity index (χ1) is 22.8. The fourth-order valence-electron chi connectivity index (χ4n) is 5.83. The number of ether oxygens (including phenoxy) is 1. The minimum Gasteiger partial charge on any atom is -0.497 e. The molecular weight excluding hydrogens is 632 g/mol. The maximum Gasteiger partial charge on any atom is 0.328 e. The predicted octanol–water partition coefficient (Wildman–Crippen LogP) is 3.92. The van der Waals surface area contributed by atoms with E-state index in [4.69, 9.17) is 4.74 Å². The van der Waals surface area contributed by atoms with E-state index in [0.29, 0.717) is 5.75 Å². The van der Waals surface area contributed by atoms with Crippen molar-refractivity contribution < 1.29 is 32.6 Å². The lowest BCUT2D eigenvalue weighted by molar-refractivity contribution is -0.129. The van der Waals surface area contributed by atoms with Crippen LogP contribution in [0.25, 0.3) is 0 Å². The minimum atomic E-state index is -4.03. The molecular formula is C36H46N4O7S. The van der Waals surface area contributed by atoms with Crippen molar-refractivity contribution in [1.82, 2.24) is 19.4 Å². The van der Waals surface area contributed by atoms with Crippen molar-refractivity contribution in [1.29, 1.82) is 0 Å². The second kappa shape index (κ2) is 16.2. The molecule has 3 aromatic carbocycles. The zero-order valence-electron chi connectivity index (χ0n) is 28.2. The van der Waals surface area contributed by atoms with Crippen LogP contribution < -0.4 is 10.1 Å². The summed E-state index contributed by atoms with van der Waals surface area (Å²) in [4.78, 5) is 43.0. The molecule has 11 nitrogen and oxygen atoms in total. The first kappa shape index (κ1) is 36.6. The first-order valence-electron chi connectivity index (χ1n) is 16.1. The molecule has 1 aliphatic rings. The lowest BCUT2D eigenvalue weighted by Crippen LogP contribution is -2.57. The van der Waals surface area contributed by atoms with Crippen LogP contribution in [0.2, 0.25) is 0 Å². The van der Waals surface area contributed by atoms with E-state index in [1.807, 2.05) is 74.5 Å². The van der Waals surface area contributed by atoms with Gasteiger partial charge in [0.2, 0.25) is 15.9 Å². The fraction of sp³-hybridized carbons (Fsp3) is 0.417. The highest BCUT2D eigenvalue weighted by Gasteiger charge is 2.44. The average molecular weight is 679 g/mol. The number of urea groups is 1. The molecule has 258 valence electrons. The molecule has 3 aromatic rings. The smallest absolute Gasteiger partial charge is 0.328 e. The van der Waals surface area contributed by atoms with Crippen molar-refractivity contribution in [3.05, 3.63) is 96.1 Å². The normalized spacial score (nSPS) is 15.7. The van der Waals surface area contributed by atoms with Gasteiger partial charge in [-0.25, -0.2) is 13.2 Å². The number of amides is 4. The summed E-state index contributed by atoms with van der Waals surface area (Å²) in [5, 5.41) is 14.6. The molecule has 1 aliphatic heterocycles. The van der Waals surface area contributed by atoms with Gasteiger partial charge in [0, 0.05) is 13.1 Å².